The van der Waals surface area contributed by atoms with Gasteiger partial charge < -0.3 is 0 Å². The van der Waals surface area contributed by atoms with Crippen molar-refractivity contribution in [3.8, 4) is 0 Å². The molecular formula is C8H18N2. The summed E-state index contributed by atoms with van der Waals surface area (Å²) in [4.78, 5) is 0. The molecule has 0 radical (unpaired) electrons. The standard InChI is InChI=1S/C8H18N2/c1-3-8(4-2)10-7-5-6-9-10/h8-9H,3-7H2,1-2H3. The largest absolute Gasteiger partial charge is 0.255 e. The van der Waals surface area contributed by atoms with Crippen LogP contribution in [0.3, 0.4) is 0 Å². The average molecular weight is 142 g/mol. The number of hydrogen-bond donors (Lipinski definition) is 1. The van der Waals surface area contributed by atoms with Crippen molar-refractivity contribution in [1.29, 1.82) is 0 Å². The van der Waals surface area contributed by atoms with Crippen LogP contribution in [0.4, 0.5) is 0 Å². The van der Waals surface area contributed by atoms with Gasteiger partial charge in [-0.15, -0.1) is 0 Å². The molecule has 1 aliphatic heterocycles. The second kappa shape index (κ2) is 3.94. The lowest BCUT2D eigenvalue weighted by Crippen LogP contribution is -2.39. The van der Waals surface area contributed by atoms with Crippen molar-refractivity contribution in [2.24, 2.45) is 0 Å². The van der Waals surface area contributed by atoms with Gasteiger partial charge in [0.2, 0.25) is 0 Å². The van der Waals surface area contributed by atoms with Gasteiger partial charge in [-0.1, -0.05) is 13.8 Å². The third-order valence-electron chi connectivity index (χ3n) is 2.27. The van der Waals surface area contributed by atoms with Gasteiger partial charge in [-0.25, -0.2) is 5.01 Å². The first-order chi connectivity index (χ1) is 4.88. The predicted molar refractivity (Wildman–Crippen MR) is 43.7 cm³/mol. The molecule has 1 rings (SSSR count). The molecule has 1 fully saturated rings. The molecule has 0 atom stereocenters. The number of hydrazine groups is 1. The zero-order chi connectivity index (χ0) is 7.40. The quantitative estimate of drug-likeness (QED) is 0.640. The SMILES string of the molecule is CCC(CC)N1CCCN1. The Morgan fingerprint density at radius 3 is 2.50 bits per heavy atom. The van der Waals surface area contributed by atoms with Crippen LogP contribution in [0.1, 0.15) is 33.1 Å². The number of nitrogens with zero attached hydrogens (tertiary/aromatic N) is 1. The smallest absolute Gasteiger partial charge is 0.0238 e. The highest BCUT2D eigenvalue weighted by molar-refractivity contribution is 4.70. The average Bonchev–Trinajstić information content (AvgIpc) is 2.43. The lowest BCUT2D eigenvalue weighted by Gasteiger charge is -2.24. The molecule has 1 saturated heterocycles. The maximum atomic E-state index is 3.39. The summed E-state index contributed by atoms with van der Waals surface area (Å²) >= 11 is 0. The summed E-state index contributed by atoms with van der Waals surface area (Å²) < 4.78 is 0. The summed E-state index contributed by atoms with van der Waals surface area (Å²) in [6.45, 7) is 6.94. The second-order valence-electron chi connectivity index (χ2n) is 2.93. The first-order valence-corrected chi connectivity index (χ1v) is 4.38. The molecule has 2 nitrogen and oxygen atoms in total. The Balaban J connectivity index is 2.29. The van der Waals surface area contributed by atoms with Crippen molar-refractivity contribution in [2.75, 3.05) is 13.1 Å². The Morgan fingerprint density at radius 1 is 1.40 bits per heavy atom. The van der Waals surface area contributed by atoms with E-state index in [-0.39, 0.29) is 0 Å². The summed E-state index contributed by atoms with van der Waals surface area (Å²) in [6.07, 6.45) is 3.85. The lowest BCUT2D eigenvalue weighted by atomic mass is 10.1. The molecule has 0 aromatic rings. The summed E-state index contributed by atoms with van der Waals surface area (Å²) in [5.41, 5.74) is 3.39. The number of hydrogen-bond acceptors (Lipinski definition) is 2. The Bertz CT molecular complexity index is 83.3. The van der Waals surface area contributed by atoms with Crippen LogP contribution in [0.5, 0.6) is 0 Å². The maximum absolute atomic E-state index is 3.39. The van der Waals surface area contributed by atoms with Crippen molar-refractivity contribution < 1.29 is 0 Å². The minimum Gasteiger partial charge on any atom is -0.255 e. The normalized spacial score (nSPS) is 20.7. The minimum atomic E-state index is 0.766. The van der Waals surface area contributed by atoms with Gasteiger partial charge in [-0.3, -0.25) is 5.43 Å². The van der Waals surface area contributed by atoms with Crippen LogP contribution in [0.25, 0.3) is 0 Å². The van der Waals surface area contributed by atoms with E-state index in [9.17, 15) is 0 Å². The summed E-state index contributed by atoms with van der Waals surface area (Å²) in [7, 11) is 0. The van der Waals surface area contributed by atoms with Crippen molar-refractivity contribution in [3.05, 3.63) is 0 Å². The van der Waals surface area contributed by atoms with Crippen LogP contribution >= 0.6 is 0 Å². The van der Waals surface area contributed by atoms with Gasteiger partial charge in [0.05, 0.1) is 0 Å². The number of rotatable bonds is 3. The molecule has 0 aromatic carbocycles. The van der Waals surface area contributed by atoms with Crippen LogP contribution in [0, 0.1) is 0 Å². The fraction of sp³-hybridized carbons (Fsp3) is 1.00. The van der Waals surface area contributed by atoms with Crippen molar-refractivity contribution in [2.45, 2.75) is 39.2 Å². The molecule has 1 aliphatic rings. The molecular weight excluding hydrogens is 124 g/mol. The van der Waals surface area contributed by atoms with Gasteiger partial charge in [0.1, 0.15) is 0 Å². The molecule has 2 heteroatoms. The molecule has 0 unspecified atom stereocenters. The Morgan fingerprint density at radius 2 is 2.10 bits per heavy atom. The van der Waals surface area contributed by atoms with E-state index in [1.165, 1.54) is 32.4 Å². The Hall–Kier alpha value is -0.0800. The van der Waals surface area contributed by atoms with E-state index in [2.05, 4.69) is 24.3 Å². The molecule has 0 aliphatic carbocycles. The second-order valence-corrected chi connectivity index (χ2v) is 2.93. The van der Waals surface area contributed by atoms with Gasteiger partial charge in [-0.2, -0.15) is 0 Å². The van der Waals surface area contributed by atoms with Gasteiger partial charge in [0.25, 0.3) is 0 Å². The van der Waals surface area contributed by atoms with E-state index in [4.69, 9.17) is 0 Å². The van der Waals surface area contributed by atoms with Gasteiger partial charge in [0, 0.05) is 19.1 Å². The van der Waals surface area contributed by atoms with E-state index in [1.807, 2.05) is 0 Å². The van der Waals surface area contributed by atoms with Crippen LogP contribution in [0.15, 0.2) is 0 Å². The van der Waals surface area contributed by atoms with Crippen LogP contribution in [0.2, 0.25) is 0 Å². The minimum absolute atomic E-state index is 0.766. The molecule has 0 spiro atoms. The zero-order valence-electron chi connectivity index (χ0n) is 7.06. The molecule has 0 aromatic heterocycles. The van der Waals surface area contributed by atoms with Crippen LogP contribution in [-0.2, 0) is 0 Å². The zero-order valence-corrected chi connectivity index (χ0v) is 7.06. The molecule has 10 heavy (non-hydrogen) atoms. The highest BCUT2D eigenvalue weighted by Crippen LogP contribution is 2.09. The summed E-state index contributed by atoms with van der Waals surface area (Å²) in [5.74, 6) is 0. The fourth-order valence-electron chi connectivity index (χ4n) is 1.59. The fourth-order valence-corrected chi connectivity index (χ4v) is 1.59. The van der Waals surface area contributed by atoms with E-state index in [0.717, 1.165) is 6.04 Å². The molecule has 0 amide bonds. The first-order valence-electron chi connectivity index (χ1n) is 4.38. The van der Waals surface area contributed by atoms with E-state index >= 15 is 0 Å². The van der Waals surface area contributed by atoms with Crippen molar-refractivity contribution >= 4 is 0 Å². The van der Waals surface area contributed by atoms with Gasteiger partial charge >= 0.3 is 0 Å². The van der Waals surface area contributed by atoms with Crippen LogP contribution < -0.4 is 5.43 Å². The van der Waals surface area contributed by atoms with Crippen LogP contribution in [-0.4, -0.2) is 24.1 Å². The highest BCUT2D eigenvalue weighted by Gasteiger charge is 2.17. The molecule has 0 bridgehead atoms. The van der Waals surface area contributed by atoms with E-state index in [0.29, 0.717) is 0 Å². The number of nitrogens with one attached hydrogen (secondary N) is 1. The predicted octanol–water partition coefficient (Wildman–Crippen LogP) is 1.39. The lowest BCUT2D eigenvalue weighted by molar-refractivity contribution is 0.165. The van der Waals surface area contributed by atoms with Crippen molar-refractivity contribution in [1.82, 2.24) is 10.4 Å². The third-order valence-corrected chi connectivity index (χ3v) is 2.27. The topological polar surface area (TPSA) is 15.3 Å². The van der Waals surface area contributed by atoms with Crippen molar-refractivity contribution in [3.63, 3.8) is 0 Å². The third kappa shape index (κ3) is 1.70. The first kappa shape index (κ1) is 8.02. The molecule has 1 heterocycles. The Labute approximate surface area is 63.6 Å². The Kier molecular flexibility index (Phi) is 3.16. The van der Waals surface area contributed by atoms with Gasteiger partial charge in [-0.05, 0) is 19.3 Å². The van der Waals surface area contributed by atoms with Gasteiger partial charge in [0.15, 0.2) is 0 Å². The highest BCUT2D eigenvalue weighted by atomic mass is 15.5. The molecule has 0 saturated carbocycles. The molecule has 1 N–H and O–H groups in total. The van der Waals surface area contributed by atoms with E-state index in [1.54, 1.807) is 0 Å². The summed E-state index contributed by atoms with van der Waals surface area (Å²) in [6, 6.07) is 0.766. The molecule has 60 valence electrons. The van der Waals surface area contributed by atoms with E-state index < -0.39 is 0 Å². The maximum Gasteiger partial charge on any atom is 0.0238 e. The monoisotopic (exact) mass is 142 g/mol. The summed E-state index contributed by atoms with van der Waals surface area (Å²) in [5, 5.41) is 2.39.